The number of ether oxygens (including phenoxy) is 3. The molecule has 0 aliphatic heterocycles. The Labute approximate surface area is 149 Å². The van der Waals surface area contributed by atoms with E-state index >= 15 is 0 Å². The van der Waals surface area contributed by atoms with Gasteiger partial charge in [-0.25, -0.2) is 4.79 Å². The molecule has 2 aromatic rings. The first-order valence-electron chi connectivity index (χ1n) is 7.45. The van der Waals surface area contributed by atoms with Crippen LogP contribution in [0.15, 0.2) is 42.5 Å². The quantitative estimate of drug-likeness (QED) is 0.485. The van der Waals surface area contributed by atoms with E-state index in [1.807, 2.05) is 37.3 Å². The Balaban J connectivity index is 2.25. The summed E-state index contributed by atoms with van der Waals surface area (Å²) < 4.78 is 17.4. The molecule has 0 aliphatic rings. The van der Waals surface area contributed by atoms with Crippen LogP contribution in [0.25, 0.3) is 0 Å². The van der Waals surface area contributed by atoms with Gasteiger partial charge in [0.1, 0.15) is 6.61 Å². The van der Waals surface area contributed by atoms with Gasteiger partial charge >= 0.3 is 5.97 Å². The Morgan fingerprint density at radius 1 is 1.04 bits per heavy atom. The lowest BCUT2D eigenvalue weighted by atomic mass is 10.2. The second kappa shape index (κ2) is 8.76. The van der Waals surface area contributed by atoms with Crippen LogP contribution >= 0.6 is 22.6 Å². The fraction of sp³-hybridized carbons (Fsp3) is 0.278. The summed E-state index contributed by atoms with van der Waals surface area (Å²) in [7, 11) is 0. The van der Waals surface area contributed by atoms with Crippen molar-refractivity contribution in [3.63, 3.8) is 0 Å². The van der Waals surface area contributed by atoms with Gasteiger partial charge in [0.2, 0.25) is 0 Å². The average Bonchev–Trinajstić information content (AvgIpc) is 2.55. The van der Waals surface area contributed by atoms with E-state index in [1.54, 1.807) is 19.1 Å². The van der Waals surface area contributed by atoms with Crippen molar-refractivity contribution in [2.45, 2.75) is 20.5 Å². The zero-order chi connectivity index (χ0) is 16.7. The molecule has 0 saturated carbocycles. The van der Waals surface area contributed by atoms with Gasteiger partial charge in [-0.3, -0.25) is 0 Å². The molecule has 122 valence electrons. The van der Waals surface area contributed by atoms with E-state index in [-0.39, 0.29) is 5.97 Å². The Morgan fingerprint density at radius 2 is 1.78 bits per heavy atom. The maximum atomic E-state index is 11.9. The van der Waals surface area contributed by atoms with Gasteiger partial charge in [0.25, 0.3) is 0 Å². The van der Waals surface area contributed by atoms with E-state index in [0.717, 1.165) is 9.13 Å². The molecular formula is C18H19IO4. The summed E-state index contributed by atoms with van der Waals surface area (Å²) in [5.74, 6) is 0.837. The molecule has 0 aromatic heterocycles. The highest BCUT2D eigenvalue weighted by Gasteiger charge is 2.16. The summed E-state index contributed by atoms with van der Waals surface area (Å²) >= 11 is 2.14. The van der Waals surface area contributed by atoms with Crippen LogP contribution in [0.3, 0.4) is 0 Å². The van der Waals surface area contributed by atoms with Gasteiger partial charge in [0, 0.05) is 0 Å². The molecule has 0 unspecified atom stereocenters. The third kappa shape index (κ3) is 4.86. The van der Waals surface area contributed by atoms with E-state index < -0.39 is 0 Å². The lowest BCUT2D eigenvalue weighted by Gasteiger charge is -2.15. The smallest absolute Gasteiger partial charge is 0.338 e. The minimum atomic E-state index is -0.360. The van der Waals surface area contributed by atoms with Crippen molar-refractivity contribution in [1.82, 2.24) is 0 Å². The first kappa shape index (κ1) is 17.6. The van der Waals surface area contributed by atoms with Gasteiger partial charge in [0.15, 0.2) is 11.5 Å². The topological polar surface area (TPSA) is 44.8 Å². The molecule has 0 radical (unpaired) electrons. The summed E-state index contributed by atoms with van der Waals surface area (Å²) in [5, 5.41) is 0. The molecule has 0 bridgehead atoms. The monoisotopic (exact) mass is 426 g/mol. The summed E-state index contributed by atoms with van der Waals surface area (Å²) in [5.41, 5.74) is 1.53. The van der Waals surface area contributed by atoms with E-state index in [1.165, 1.54) is 0 Å². The van der Waals surface area contributed by atoms with Crippen molar-refractivity contribution < 1.29 is 19.0 Å². The highest BCUT2D eigenvalue weighted by Crippen LogP contribution is 2.35. The fourth-order valence-electron chi connectivity index (χ4n) is 2.03. The lowest BCUT2D eigenvalue weighted by molar-refractivity contribution is 0.0525. The number of hydrogen-bond acceptors (Lipinski definition) is 4. The van der Waals surface area contributed by atoms with E-state index in [0.29, 0.717) is 36.9 Å². The summed E-state index contributed by atoms with van der Waals surface area (Å²) in [6.07, 6.45) is 0. The van der Waals surface area contributed by atoms with Crippen LogP contribution in [-0.4, -0.2) is 19.2 Å². The van der Waals surface area contributed by atoms with Crippen molar-refractivity contribution in [3.8, 4) is 11.5 Å². The fourth-order valence-corrected chi connectivity index (χ4v) is 2.79. The Hall–Kier alpha value is -1.76. The predicted octanol–water partition coefficient (Wildman–Crippen LogP) is 4.45. The van der Waals surface area contributed by atoms with Crippen LogP contribution in [0.5, 0.6) is 11.5 Å². The molecule has 0 heterocycles. The van der Waals surface area contributed by atoms with Gasteiger partial charge in [0.05, 0.1) is 22.3 Å². The van der Waals surface area contributed by atoms with Crippen LogP contribution in [-0.2, 0) is 11.3 Å². The second-order valence-corrected chi connectivity index (χ2v) is 5.88. The van der Waals surface area contributed by atoms with Crippen LogP contribution < -0.4 is 9.47 Å². The highest BCUT2D eigenvalue weighted by molar-refractivity contribution is 14.1. The second-order valence-electron chi connectivity index (χ2n) is 4.71. The van der Waals surface area contributed by atoms with Gasteiger partial charge in [-0.15, -0.1) is 0 Å². The normalized spacial score (nSPS) is 10.2. The highest BCUT2D eigenvalue weighted by atomic mass is 127. The third-order valence-corrected chi connectivity index (χ3v) is 3.85. The van der Waals surface area contributed by atoms with E-state index in [2.05, 4.69) is 22.6 Å². The van der Waals surface area contributed by atoms with Crippen LogP contribution in [0.1, 0.15) is 29.8 Å². The van der Waals surface area contributed by atoms with E-state index in [4.69, 9.17) is 14.2 Å². The Kier molecular flexibility index (Phi) is 6.70. The van der Waals surface area contributed by atoms with Crippen molar-refractivity contribution in [1.29, 1.82) is 0 Å². The Morgan fingerprint density at radius 3 is 2.43 bits per heavy atom. The van der Waals surface area contributed by atoms with Gasteiger partial charge < -0.3 is 14.2 Å². The molecule has 5 heteroatoms. The summed E-state index contributed by atoms with van der Waals surface area (Å²) in [6.45, 7) is 4.94. The standard InChI is InChI=1S/C18H19IO4/c1-3-21-16-11-14(18(20)22-4-2)10-15(19)17(16)23-12-13-8-6-5-7-9-13/h5-11H,3-4,12H2,1-2H3. The number of halogens is 1. The average molecular weight is 426 g/mol. The van der Waals surface area contributed by atoms with Crippen LogP contribution in [0.4, 0.5) is 0 Å². The minimum Gasteiger partial charge on any atom is -0.490 e. The molecular weight excluding hydrogens is 407 g/mol. The molecule has 4 nitrogen and oxygen atoms in total. The molecule has 0 amide bonds. The third-order valence-electron chi connectivity index (χ3n) is 3.05. The minimum absolute atomic E-state index is 0.339. The number of esters is 1. The molecule has 23 heavy (non-hydrogen) atoms. The SMILES string of the molecule is CCOC(=O)c1cc(I)c(OCc2ccccc2)c(OCC)c1. The molecule has 0 N–H and O–H groups in total. The van der Waals surface area contributed by atoms with Crippen molar-refractivity contribution in [2.75, 3.05) is 13.2 Å². The Bertz CT molecular complexity index is 656. The van der Waals surface area contributed by atoms with Crippen LogP contribution in [0.2, 0.25) is 0 Å². The zero-order valence-corrected chi connectivity index (χ0v) is 15.3. The molecule has 0 spiro atoms. The number of rotatable bonds is 7. The molecule has 0 aliphatic carbocycles. The first-order chi connectivity index (χ1) is 11.2. The summed E-state index contributed by atoms with van der Waals surface area (Å²) in [4.78, 5) is 11.9. The maximum absolute atomic E-state index is 11.9. The number of carbonyl (C=O) groups is 1. The lowest BCUT2D eigenvalue weighted by Crippen LogP contribution is -2.08. The van der Waals surface area contributed by atoms with E-state index in [9.17, 15) is 4.79 Å². The van der Waals surface area contributed by atoms with Crippen molar-refractivity contribution in [2.24, 2.45) is 0 Å². The van der Waals surface area contributed by atoms with Gasteiger partial charge in [-0.05, 0) is 54.1 Å². The maximum Gasteiger partial charge on any atom is 0.338 e. The molecule has 0 fully saturated rings. The molecule has 2 aromatic carbocycles. The van der Waals surface area contributed by atoms with Gasteiger partial charge in [-0.2, -0.15) is 0 Å². The predicted molar refractivity (Wildman–Crippen MR) is 97.1 cm³/mol. The first-order valence-corrected chi connectivity index (χ1v) is 8.53. The summed E-state index contributed by atoms with van der Waals surface area (Å²) in [6, 6.07) is 13.3. The zero-order valence-electron chi connectivity index (χ0n) is 13.2. The van der Waals surface area contributed by atoms with Crippen molar-refractivity contribution >= 4 is 28.6 Å². The van der Waals surface area contributed by atoms with Crippen molar-refractivity contribution in [3.05, 3.63) is 57.2 Å². The number of carbonyl (C=O) groups excluding carboxylic acids is 1. The van der Waals surface area contributed by atoms with Gasteiger partial charge in [-0.1, -0.05) is 30.3 Å². The molecule has 2 rings (SSSR count). The number of benzene rings is 2. The molecule has 0 atom stereocenters. The largest absolute Gasteiger partial charge is 0.490 e. The molecule has 0 saturated heterocycles. The number of hydrogen-bond donors (Lipinski definition) is 0. The van der Waals surface area contributed by atoms with Crippen LogP contribution in [0, 0.1) is 3.57 Å².